The van der Waals surface area contributed by atoms with Gasteiger partial charge >= 0.3 is 41.9 Å². The summed E-state index contributed by atoms with van der Waals surface area (Å²) in [4.78, 5) is 0. The van der Waals surface area contributed by atoms with Gasteiger partial charge in [0.2, 0.25) is 0 Å². The summed E-state index contributed by atoms with van der Waals surface area (Å²) in [6.45, 7) is 2.14. The van der Waals surface area contributed by atoms with E-state index in [2.05, 4.69) is 11.3 Å². The van der Waals surface area contributed by atoms with E-state index in [-0.39, 0.29) is 0 Å². The van der Waals surface area contributed by atoms with Crippen LogP contribution in [0, 0.1) is 0 Å². The number of hydrogen-bond donors (Lipinski definition) is 0. The van der Waals surface area contributed by atoms with Crippen molar-refractivity contribution >= 4 is 0 Å². The van der Waals surface area contributed by atoms with Crippen molar-refractivity contribution < 1.29 is 70.6 Å². The zero-order chi connectivity index (χ0) is 24.4. The second-order valence-electron chi connectivity index (χ2n) is 5.94. The maximum absolute atomic E-state index is 12.9. The molecule has 0 saturated heterocycles. The van der Waals surface area contributed by atoms with Crippen LogP contribution in [0.25, 0.3) is 0 Å². The molecule has 1 rings (SSSR count). The fourth-order valence-electron chi connectivity index (χ4n) is 2.01. The van der Waals surface area contributed by atoms with Crippen LogP contribution in [0.4, 0.5) is 65.9 Å². The molecule has 0 aromatic carbocycles. The minimum Gasteiger partial charge on any atom is -0.436 e. The topological polar surface area (TPSA) is 9.23 Å². The van der Waals surface area contributed by atoms with Gasteiger partial charge in [0.05, 0.1) is 6.26 Å². The maximum atomic E-state index is 12.9. The van der Waals surface area contributed by atoms with E-state index in [0.29, 0.717) is 0 Å². The standard InChI is InChI=1S/C9H3F15O.C5H10/c1-2-25-9(23,24)7(18,19)5(14,15)3(10,11)4(12,13)6(16,17)8(20,21)22;1-2-4-5-3-1/h2H,1H2;1-5H2. The monoisotopic (exact) mass is 482 g/mol. The first-order valence-corrected chi connectivity index (χ1v) is 7.68. The molecule has 1 saturated carbocycles. The Morgan fingerprint density at radius 1 is 0.467 bits per heavy atom. The largest absolute Gasteiger partial charge is 0.470 e. The van der Waals surface area contributed by atoms with E-state index < -0.39 is 48.2 Å². The number of hydrogen-bond acceptors (Lipinski definition) is 1. The fourth-order valence-corrected chi connectivity index (χ4v) is 2.01. The number of rotatable bonds is 7. The molecule has 1 aliphatic carbocycles. The van der Waals surface area contributed by atoms with Crippen LogP contribution in [-0.4, -0.2) is 41.9 Å². The minimum atomic E-state index is -8.31. The molecule has 0 unspecified atom stereocenters. The van der Waals surface area contributed by atoms with Gasteiger partial charge in [-0.3, -0.25) is 0 Å². The predicted molar refractivity (Wildman–Crippen MR) is 70.1 cm³/mol. The highest BCUT2D eigenvalue weighted by atomic mass is 19.4. The molecular formula is C14H13F15O. The van der Waals surface area contributed by atoms with Crippen LogP contribution in [0.15, 0.2) is 12.8 Å². The smallest absolute Gasteiger partial charge is 0.436 e. The molecule has 0 aromatic heterocycles. The van der Waals surface area contributed by atoms with Gasteiger partial charge in [-0.05, 0) is 0 Å². The van der Waals surface area contributed by atoms with Crippen LogP contribution >= 0.6 is 0 Å². The van der Waals surface area contributed by atoms with E-state index in [1.807, 2.05) is 0 Å². The Morgan fingerprint density at radius 2 is 0.733 bits per heavy atom. The van der Waals surface area contributed by atoms with Gasteiger partial charge in [0.15, 0.2) is 0 Å². The Morgan fingerprint density at radius 3 is 1.00 bits per heavy atom. The average molecular weight is 482 g/mol. The first-order valence-electron chi connectivity index (χ1n) is 7.68. The van der Waals surface area contributed by atoms with E-state index in [1.165, 1.54) is 32.1 Å². The summed E-state index contributed by atoms with van der Waals surface area (Å²) in [6.07, 6.45) is -7.58. The second kappa shape index (κ2) is 8.55. The van der Waals surface area contributed by atoms with Crippen LogP contribution in [0.2, 0.25) is 0 Å². The molecule has 0 heterocycles. The lowest BCUT2D eigenvalue weighted by Crippen LogP contribution is -2.72. The Hall–Kier alpha value is -1.51. The third-order valence-corrected chi connectivity index (χ3v) is 3.78. The summed E-state index contributed by atoms with van der Waals surface area (Å²) >= 11 is 0. The van der Waals surface area contributed by atoms with E-state index in [0.717, 1.165) is 0 Å². The van der Waals surface area contributed by atoms with Gasteiger partial charge in [-0.25, -0.2) is 0 Å². The molecule has 0 aromatic rings. The normalized spacial score (nSPS) is 17.3. The lowest BCUT2D eigenvalue weighted by atomic mass is 9.93. The summed E-state index contributed by atoms with van der Waals surface area (Å²) in [5.41, 5.74) is 0. The van der Waals surface area contributed by atoms with Gasteiger partial charge in [-0.1, -0.05) is 38.7 Å². The summed E-state index contributed by atoms with van der Waals surface area (Å²) in [5.74, 6) is -40.4. The summed E-state index contributed by atoms with van der Waals surface area (Å²) in [5, 5.41) is 0. The molecule has 0 aliphatic heterocycles. The van der Waals surface area contributed by atoms with Crippen LogP contribution in [0.1, 0.15) is 32.1 Å². The molecule has 1 fully saturated rings. The highest BCUT2D eigenvalue weighted by Crippen LogP contribution is 2.62. The Bertz CT molecular complexity index is 567. The predicted octanol–water partition coefficient (Wildman–Crippen LogP) is 7.43. The molecule has 30 heavy (non-hydrogen) atoms. The number of alkyl halides is 15. The molecule has 0 atom stereocenters. The molecule has 180 valence electrons. The average Bonchev–Trinajstić information content (AvgIpc) is 3.12. The molecule has 1 aliphatic rings. The van der Waals surface area contributed by atoms with Gasteiger partial charge < -0.3 is 4.74 Å². The first-order chi connectivity index (χ1) is 13.1. The summed E-state index contributed by atoms with van der Waals surface area (Å²) < 4.78 is 191. The van der Waals surface area contributed by atoms with E-state index in [1.54, 1.807) is 0 Å². The third-order valence-electron chi connectivity index (χ3n) is 3.78. The highest BCUT2D eigenvalue weighted by Gasteiger charge is 2.94. The van der Waals surface area contributed by atoms with Crippen molar-refractivity contribution in [2.45, 2.75) is 74.0 Å². The van der Waals surface area contributed by atoms with E-state index in [9.17, 15) is 65.9 Å². The van der Waals surface area contributed by atoms with Crippen molar-refractivity contribution in [1.29, 1.82) is 0 Å². The van der Waals surface area contributed by atoms with Crippen LogP contribution in [0.3, 0.4) is 0 Å². The highest BCUT2D eigenvalue weighted by molar-refractivity contribution is 5.11. The summed E-state index contributed by atoms with van der Waals surface area (Å²) in [6, 6.07) is 0. The Kier molecular flexibility index (Phi) is 8.12. The lowest BCUT2D eigenvalue weighted by molar-refractivity contribution is -0.468. The molecule has 16 heteroatoms. The van der Waals surface area contributed by atoms with Crippen molar-refractivity contribution in [3.8, 4) is 0 Å². The maximum Gasteiger partial charge on any atom is 0.470 e. The molecular weight excluding hydrogens is 469 g/mol. The fraction of sp³-hybridized carbons (Fsp3) is 0.857. The third kappa shape index (κ3) is 4.55. The van der Waals surface area contributed by atoms with Crippen molar-refractivity contribution in [2.24, 2.45) is 0 Å². The van der Waals surface area contributed by atoms with Gasteiger partial charge in [-0.2, -0.15) is 65.9 Å². The minimum absolute atomic E-state index is 0.732. The second-order valence-corrected chi connectivity index (χ2v) is 5.94. The molecule has 0 N–H and O–H groups in total. The quantitative estimate of drug-likeness (QED) is 0.271. The van der Waals surface area contributed by atoms with E-state index >= 15 is 0 Å². The van der Waals surface area contributed by atoms with Crippen molar-refractivity contribution in [3.05, 3.63) is 12.8 Å². The number of halogens is 15. The van der Waals surface area contributed by atoms with Crippen molar-refractivity contribution in [1.82, 2.24) is 0 Å². The van der Waals surface area contributed by atoms with Crippen LogP contribution in [0.5, 0.6) is 0 Å². The lowest BCUT2D eigenvalue weighted by Gasteiger charge is -2.40. The van der Waals surface area contributed by atoms with Crippen molar-refractivity contribution in [2.75, 3.05) is 0 Å². The molecule has 0 amide bonds. The van der Waals surface area contributed by atoms with Gasteiger partial charge in [0.1, 0.15) is 0 Å². The van der Waals surface area contributed by atoms with Crippen LogP contribution in [-0.2, 0) is 4.74 Å². The van der Waals surface area contributed by atoms with Crippen molar-refractivity contribution in [3.63, 3.8) is 0 Å². The Labute approximate surface area is 158 Å². The summed E-state index contributed by atoms with van der Waals surface area (Å²) in [7, 11) is 0. The zero-order valence-electron chi connectivity index (χ0n) is 14.4. The zero-order valence-corrected chi connectivity index (χ0v) is 14.4. The van der Waals surface area contributed by atoms with Crippen LogP contribution < -0.4 is 0 Å². The number of ether oxygens (including phenoxy) is 1. The molecule has 0 spiro atoms. The first kappa shape index (κ1) is 28.5. The molecule has 0 radical (unpaired) electrons. The molecule has 1 nitrogen and oxygen atoms in total. The Balaban J connectivity index is 0.00000145. The van der Waals surface area contributed by atoms with Gasteiger partial charge in [-0.15, -0.1) is 0 Å². The van der Waals surface area contributed by atoms with Gasteiger partial charge in [0, 0.05) is 0 Å². The van der Waals surface area contributed by atoms with E-state index in [4.69, 9.17) is 0 Å². The molecule has 0 bridgehead atoms. The SMILES string of the molecule is C1CCCC1.C=COC(F)(F)C(F)(F)C(F)(F)C(F)(F)C(F)(F)C(F)(F)C(F)(F)F. The van der Waals surface area contributed by atoms with Gasteiger partial charge in [0.25, 0.3) is 0 Å².